The molecule has 0 heterocycles. The molecule has 0 radical (unpaired) electrons. The standard InChI is InChI=1S/C13H13N3O.2ClH.Zn/c1-17-13-9-11(7-8-12(13)16-14)15-10-5-3-2-4-6-10;;;/h2-7,9,15H,8H2,1H3;2*1H;/q;;;+2/p-2. The molecule has 0 aliphatic heterocycles. The molecule has 20 heavy (non-hydrogen) atoms. The Hall–Kier alpha value is -1.12. The first-order valence-electron chi connectivity index (χ1n) is 5.32. The predicted octanol–water partition coefficient (Wildman–Crippen LogP) is -3.41. The van der Waals surface area contributed by atoms with Crippen LogP contribution in [0.1, 0.15) is 6.42 Å². The zero-order valence-electron chi connectivity index (χ0n) is 11.0. The van der Waals surface area contributed by atoms with Gasteiger partial charge in [0.15, 0.2) is 0 Å². The molecule has 0 bridgehead atoms. The van der Waals surface area contributed by atoms with Crippen LogP contribution in [-0.2, 0) is 24.2 Å². The molecule has 1 N–H and O–H groups in total. The molecule has 2 rings (SSSR count). The van der Waals surface area contributed by atoms with Crippen LogP contribution in [0.4, 0.5) is 5.69 Å². The first-order valence-corrected chi connectivity index (χ1v) is 5.32. The first-order chi connectivity index (χ1) is 8.33. The van der Waals surface area contributed by atoms with E-state index in [0.29, 0.717) is 17.9 Å². The van der Waals surface area contributed by atoms with Crippen molar-refractivity contribution in [2.45, 2.75) is 6.42 Å². The van der Waals surface area contributed by atoms with Gasteiger partial charge in [-0.1, -0.05) is 18.2 Å². The monoisotopic (exact) mass is 361 g/mol. The third kappa shape index (κ3) is 5.48. The summed E-state index contributed by atoms with van der Waals surface area (Å²) in [6, 6.07) is 9.86. The summed E-state index contributed by atoms with van der Waals surface area (Å²) >= 11 is 0. The van der Waals surface area contributed by atoms with Crippen LogP contribution in [0.15, 0.2) is 53.9 Å². The van der Waals surface area contributed by atoms with Crippen LogP contribution in [-0.4, -0.2) is 17.6 Å². The maximum atomic E-state index is 8.79. The Morgan fingerprint density at radius 1 is 1.20 bits per heavy atom. The van der Waals surface area contributed by atoms with E-state index < -0.39 is 0 Å². The van der Waals surface area contributed by atoms with Crippen LogP contribution in [0.2, 0.25) is 0 Å². The van der Waals surface area contributed by atoms with Gasteiger partial charge in [0.1, 0.15) is 0 Å². The van der Waals surface area contributed by atoms with Gasteiger partial charge in [-0.3, -0.25) is 0 Å². The van der Waals surface area contributed by atoms with Crippen molar-refractivity contribution >= 4 is 11.4 Å². The van der Waals surface area contributed by atoms with Crippen LogP contribution >= 0.6 is 0 Å². The number of halogens is 2. The number of hydrogen-bond acceptors (Lipinski definition) is 2. The van der Waals surface area contributed by atoms with Crippen molar-refractivity contribution < 1.29 is 53.8 Å². The number of methoxy groups -OCH3 is 1. The van der Waals surface area contributed by atoms with Crippen molar-refractivity contribution in [3.63, 3.8) is 0 Å². The SMILES string of the molecule is COC1=CC(Nc2ccccc2)=CCC1=[N+]=[N-].[Cl-].[Cl-].[Zn+2]. The second kappa shape index (κ2) is 10.6. The van der Waals surface area contributed by atoms with Gasteiger partial charge in [0.2, 0.25) is 5.76 Å². The number of anilines is 1. The van der Waals surface area contributed by atoms with Gasteiger partial charge in [-0.2, -0.15) is 4.79 Å². The molecule has 1 aliphatic rings. The minimum absolute atomic E-state index is 0. The maximum absolute atomic E-state index is 8.79. The van der Waals surface area contributed by atoms with Crippen LogP contribution in [0.5, 0.6) is 0 Å². The van der Waals surface area contributed by atoms with E-state index in [2.05, 4.69) is 10.1 Å². The molecule has 0 saturated heterocycles. The van der Waals surface area contributed by atoms with Crippen molar-refractivity contribution in [3.8, 4) is 0 Å². The summed E-state index contributed by atoms with van der Waals surface area (Å²) in [6.07, 6.45) is 4.31. The number of nitrogens with zero attached hydrogens (tertiary/aromatic N) is 2. The minimum atomic E-state index is 0. The zero-order chi connectivity index (χ0) is 12.1. The number of nitrogens with one attached hydrogen (secondary N) is 1. The van der Waals surface area contributed by atoms with Gasteiger partial charge in [0, 0.05) is 17.5 Å². The summed E-state index contributed by atoms with van der Waals surface area (Å²) in [6.45, 7) is 0. The Labute approximate surface area is 143 Å². The molecule has 0 fully saturated rings. The molecule has 0 unspecified atom stereocenters. The maximum Gasteiger partial charge on any atom is 2.00 e. The molecule has 0 aromatic heterocycles. The number of allylic oxidation sites excluding steroid dienone is 3. The summed E-state index contributed by atoms with van der Waals surface area (Å²) in [5.41, 5.74) is 11.3. The summed E-state index contributed by atoms with van der Waals surface area (Å²) in [5.74, 6) is 0.577. The molecule has 0 atom stereocenters. The van der Waals surface area contributed by atoms with E-state index in [-0.39, 0.29) is 44.3 Å². The average Bonchev–Trinajstić information content (AvgIpc) is 2.40. The fourth-order valence-electron chi connectivity index (χ4n) is 1.63. The molecule has 0 saturated carbocycles. The van der Waals surface area contributed by atoms with E-state index in [9.17, 15) is 0 Å². The Morgan fingerprint density at radius 3 is 2.40 bits per heavy atom. The third-order valence-corrected chi connectivity index (χ3v) is 2.49. The number of ether oxygens (including phenoxy) is 1. The van der Waals surface area contributed by atoms with Crippen molar-refractivity contribution in [2.75, 3.05) is 12.4 Å². The predicted molar refractivity (Wildman–Crippen MR) is 66.5 cm³/mol. The quantitative estimate of drug-likeness (QED) is 0.346. The van der Waals surface area contributed by atoms with E-state index in [1.165, 1.54) is 0 Å². The van der Waals surface area contributed by atoms with Crippen LogP contribution < -0.4 is 30.1 Å². The topological polar surface area (TPSA) is 57.7 Å². The van der Waals surface area contributed by atoms with Gasteiger partial charge in [0.25, 0.3) is 0 Å². The molecule has 0 amide bonds. The van der Waals surface area contributed by atoms with Gasteiger partial charge < -0.3 is 40.4 Å². The van der Waals surface area contributed by atoms with Crippen molar-refractivity contribution in [1.29, 1.82) is 0 Å². The Balaban J connectivity index is 0. The van der Waals surface area contributed by atoms with Gasteiger partial charge in [-0.15, -0.1) is 0 Å². The Kier molecular flexibility index (Phi) is 11.3. The van der Waals surface area contributed by atoms with Crippen molar-refractivity contribution in [1.82, 2.24) is 0 Å². The van der Waals surface area contributed by atoms with E-state index in [4.69, 9.17) is 10.3 Å². The normalized spacial score (nSPS) is 12.3. The van der Waals surface area contributed by atoms with E-state index in [1.807, 2.05) is 42.5 Å². The molecule has 0 spiro atoms. The van der Waals surface area contributed by atoms with Gasteiger partial charge >= 0.3 is 25.2 Å². The molecule has 1 aromatic rings. The Morgan fingerprint density at radius 2 is 1.85 bits per heavy atom. The summed E-state index contributed by atoms with van der Waals surface area (Å²) in [5, 5.41) is 3.26. The zero-order valence-corrected chi connectivity index (χ0v) is 15.5. The average molecular weight is 364 g/mol. The second-order valence-electron chi connectivity index (χ2n) is 3.61. The molecule has 4 nitrogen and oxygen atoms in total. The van der Waals surface area contributed by atoms with Crippen LogP contribution in [0, 0.1) is 0 Å². The summed E-state index contributed by atoms with van der Waals surface area (Å²) in [7, 11) is 1.56. The molecule has 7 heteroatoms. The van der Waals surface area contributed by atoms with E-state index >= 15 is 0 Å². The largest absolute Gasteiger partial charge is 2.00 e. The van der Waals surface area contributed by atoms with Crippen molar-refractivity contribution in [2.24, 2.45) is 0 Å². The summed E-state index contributed by atoms with van der Waals surface area (Å²) < 4.78 is 5.15. The molecular formula is C13H13Cl2N3OZn. The van der Waals surface area contributed by atoms with Gasteiger partial charge in [-0.05, 0) is 18.2 Å². The minimum Gasteiger partial charge on any atom is -1.00 e. The van der Waals surface area contributed by atoms with Crippen molar-refractivity contribution in [3.05, 3.63) is 59.5 Å². The number of hydrogen-bond donors (Lipinski definition) is 1. The molecule has 1 aromatic carbocycles. The van der Waals surface area contributed by atoms with E-state index in [1.54, 1.807) is 7.11 Å². The second-order valence-corrected chi connectivity index (χ2v) is 3.61. The van der Waals surface area contributed by atoms with Crippen LogP contribution in [0.3, 0.4) is 0 Å². The van der Waals surface area contributed by atoms with Crippen LogP contribution in [0.25, 0.3) is 5.53 Å². The summed E-state index contributed by atoms with van der Waals surface area (Å²) in [4.78, 5) is 3.19. The fourth-order valence-corrected chi connectivity index (χ4v) is 1.63. The third-order valence-electron chi connectivity index (χ3n) is 2.49. The molecule has 102 valence electrons. The molecular weight excluding hydrogens is 350 g/mol. The molecule has 1 aliphatic carbocycles. The van der Waals surface area contributed by atoms with Gasteiger partial charge in [0.05, 0.1) is 13.5 Å². The Bertz CT molecular complexity index is 526. The fraction of sp³-hybridized carbons (Fsp3) is 0.154. The van der Waals surface area contributed by atoms with Gasteiger partial charge in [-0.25, -0.2) is 0 Å². The number of rotatable bonds is 3. The number of para-hydroxylation sites is 1. The first kappa shape index (κ1) is 21.2. The van der Waals surface area contributed by atoms with E-state index in [0.717, 1.165) is 11.4 Å². The smallest absolute Gasteiger partial charge is 1.00 e. The number of benzene rings is 1.